The molecule has 0 aliphatic carbocycles. The van der Waals surface area contributed by atoms with Gasteiger partial charge < -0.3 is 14.3 Å². The van der Waals surface area contributed by atoms with Crippen molar-refractivity contribution in [2.24, 2.45) is 0 Å². The van der Waals surface area contributed by atoms with E-state index in [0.717, 1.165) is 22.5 Å². The Morgan fingerprint density at radius 1 is 1.22 bits per heavy atom. The Balaban J connectivity index is 1.41. The molecule has 140 valence electrons. The molecule has 0 amide bonds. The number of benzene rings is 1. The van der Waals surface area contributed by atoms with E-state index in [4.69, 9.17) is 14.3 Å². The average Bonchev–Trinajstić information content (AvgIpc) is 3.15. The number of esters is 1. The van der Waals surface area contributed by atoms with Gasteiger partial charge in [0.1, 0.15) is 16.5 Å². The highest BCUT2D eigenvalue weighted by Gasteiger charge is 2.42. The molecule has 0 radical (unpaired) electrons. The van der Waals surface area contributed by atoms with Gasteiger partial charge in [0.05, 0.1) is 18.3 Å². The van der Waals surface area contributed by atoms with Crippen molar-refractivity contribution in [3.8, 4) is 5.75 Å². The molecule has 0 saturated carbocycles. The van der Waals surface area contributed by atoms with Gasteiger partial charge in [0.2, 0.25) is 6.23 Å². The monoisotopic (exact) mass is 405 g/mol. The highest BCUT2D eigenvalue weighted by Crippen LogP contribution is 2.34. The van der Waals surface area contributed by atoms with Crippen LogP contribution in [0.3, 0.4) is 0 Å². The van der Waals surface area contributed by atoms with Gasteiger partial charge in [-0.15, -0.1) is 0 Å². The summed E-state index contributed by atoms with van der Waals surface area (Å²) in [5.41, 5.74) is 1.33. The Labute approximate surface area is 163 Å². The molecule has 1 fully saturated rings. The van der Waals surface area contributed by atoms with E-state index in [2.05, 4.69) is 8.75 Å². The Hall–Kier alpha value is -2.43. The number of hydrogen-bond acceptors (Lipinski definition) is 10. The summed E-state index contributed by atoms with van der Waals surface area (Å²) in [5, 5.41) is 2.10. The van der Waals surface area contributed by atoms with Crippen LogP contribution in [0.15, 0.2) is 41.4 Å². The number of thioether (sulfide) groups is 1. The number of carbonyl (C=O) groups is 2. The number of ether oxygens (including phenoxy) is 2. The summed E-state index contributed by atoms with van der Waals surface area (Å²) in [7, 11) is 0. The van der Waals surface area contributed by atoms with E-state index in [1.807, 2.05) is 36.4 Å². The fourth-order valence-corrected chi connectivity index (χ4v) is 4.21. The third-order valence-electron chi connectivity index (χ3n) is 3.89. The number of fused-ring (bicyclic) bond motifs is 1. The van der Waals surface area contributed by atoms with Crippen LogP contribution in [0.4, 0.5) is 0 Å². The maximum atomic E-state index is 11.6. The first-order valence-electron chi connectivity index (χ1n) is 8.25. The van der Waals surface area contributed by atoms with Gasteiger partial charge in [-0.05, 0) is 18.6 Å². The molecule has 2 aromatic rings. The summed E-state index contributed by atoms with van der Waals surface area (Å²) in [4.78, 5) is 28.0. The van der Waals surface area contributed by atoms with Crippen molar-refractivity contribution in [2.45, 2.75) is 17.7 Å². The van der Waals surface area contributed by atoms with E-state index < -0.39 is 18.2 Å². The molecule has 1 unspecified atom stereocenters. The number of nitrogens with zero attached hydrogens (tertiary/aromatic N) is 3. The minimum Gasteiger partial charge on any atom is -0.493 e. The zero-order chi connectivity index (χ0) is 18.6. The molecule has 0 spiro atoms. The Bertz CT molecular complexity index is 870. The lowest BCUT2D eigenvalue weighted by Crippen LogP contribution is -2.50. The number of hydroxylamine groups is 2. The number of rotatable bonds is 6. The van der Waals surface area contributed by atoms with Crippen LogP contribution in [0.5, 0.6) is 5.75 Å². The minimum absolute atomic E-state index is 0.456. The van der Waals surface area contributed by atoms with Gasteiger partial charge in [-0.2, -0.15) is 8.75 Å². The lowest BCUT2D eigenvalue weighted by molar-refractivity contribution is -0.254. The molecule has 1 atom stereocenters. The predicted molar refractivity (Wildman–Crippen MR) is 97.8 cm³/mol. The fourth-order valence-electron chi connectivity index (χ4n) is 2.71. The van der Waals surface area contributed by atoms with E-state index in [9.17, 15) is 9.59 Å². The molecule has 0 bridgehead atoms. The van der Waals surface area contributed by atoms with Gasteiger partial charge in [0.15, 0.2) is 0 Å². The molecule has 4 rings (SSSR count). The summed E-state index contributed by atoms with van der Waals surface area (Å²) in [5.74, 6) is -0.505. The SMILES string of the molecule is O=C1OC2C(c3nsnc3SCCOc3ccccc3)=CCCN2OC1=O. The maximum absolute atomic E-state index is 11.6. The molecule has 2 aliphatic heterocycles. The maximum Gasteiger partial charge on any atom is 0.436 e. The predicted octanol–water partition coefficient (Wildman–Crippen LogP) is 2.14. The van der Waals surface area contributed by atoms with Gasteiger partial charge in [-0.1, -0.05) is 41.1 Å². The molecule has 1 saturated heterocycles. The summed E-state index contributed by atoms with van der Waals surface area (Å²) in [6.07, 6.45) is 1.80. The zero-order valence-electron chi connectivity index (χ0n) is 14.1. The van der Waals surface area contributed by atoms with Crippen molar-refractivity contribution < 1.29 is 23.9 Å². The standard InChI is InChI=1S/C17H15N3O5S2/c21-16-17(22)25-20-8-4-7-12(15(20)24-16)13-14(19-27-18-13)26-10-9-23-11-5-2-1-3-6-11/h1-3,5-7,15H,4,8-10H2. The van der Waals surface area contributed by atoms with Crippen LogP contribution in [0.2, 0.25) is 0 Å². The van der Waals surface area contributed by atoms with Crippen molar-refractivity contribution in [3.05, 3.63) is 42.1 Å². The van der Waals surface area contributed by atoms with Crippen LogP contribution in [0.1, 0.15) is 12.1 Å². The minimum atomic E-state index is -1.00. The van der Waals surface area contributed by atoms with Gasteiger partial charge >= 0.3 is 11.9 Å². The van der Waals surface area contributed by atoms with E-state index in [1.165, 1.54) is 16.8 Å². The van der Waals surface area contributed by atoms with E-state index >= 15 is 0 Å². The third kappa shape index (κ3) is 3.97. The number of para-hydroxylation sites is 1. The fraction of sp³-hybridized carbons (Fsp3) is 0.294. The quantitative estimate of drug-likeness (QED) is 0.310. The van der Waals surface area contributed by atoms with Gasteiger partial charge in [0.25, 0.3) is 0 Å². The first kappa shape index (κ1) is 18.0. The van der Waals surface area contributed by atoms with E-state index in [-0.39, 0.29) is 0 Å². The summed E-state index contributed by atoms with van der Waals surface area (Å²) < 4.78 is 19.6. The Morgan fingerprint density at radius 3 is 2.93 bits per heavy atom. The summed E-state index contributed by atoms with van der Waals surface area (Å²) in [6.45, 7) is 0.977. The molecule has 10 heteroatoms. The lowest BCUT2D eigenvalue weighted by atomic mass is 10.1. The van der Waals surface area contributed by atoms with Crippen LogP contribution >= 0.6 is 23.5 Å². The van der Waals surface area contributed by atoms with Crippen molar-refractivity contribution in [2.75, 3.05) is 18.9 Å². The van der Waals surface area contributed by atoms with E-state index in [1.54, 1.807) is 0 Å². The highest BCUT2D eigenvalue weighted by atomic mass is 32.2. The topological polar surface area (TPSA) is 90.8 Å². The first-order valence-corrected chi connectivity index (χ1v) is 9.97. The van der Waals surface area contributed by atoms with Crippen LogP contribution in [-0.4, -0.2) is 50.9 Å². The van der Waals surface area contributed by atoms with Gasteiger partial charge in [-0.3, -0.25) is 0 Å². The van der Waals surface area contributed by atoms with Gasteiger partial charge in [-0.25, -0.2) is 9.59 Å². The average molecular weight is 405 g/mol. The molecule has 1 aromatic carbocycles. The third-order valence-corrected chi connectivity index (χ3v) is 5.47. The summed E-state index contributed by atoms with van der Waals surface area (Å²) in [6, 6.07) is 9.58. The van der Waals surface area contributed by atoms with Crippen molar-refractivity contribution in [1.29, 1.82) is 0 Å². The largest absolute Gasteiger partial charge is 0.493 e. The second kappa shape index (κ2) is 8.07. The Kier molecular flexibility index (Phi) is 5.37. The van der Waals surface area contributed by atoms with Crippen molar-refractivity contribution >= 4 is 41.0 Å². The molecule has 3 heterocycles. The van der Waals surface area contributed by atoms with Crippen LogP contribution in [-0.2, 0) is 19.2 Å². The van der Waals surface area contributed by atoms with Crippen molar-refractivity contribution in [1.82, 2.24) is 13.8 Å². The molecule has 8 nitrogen and oxygen atoms in total. The molecule has 1 aromatic heterocycles. The zero-order valence-corrected chi connectivity index (χ0v) is 15.7. The number of carbonyl (C=O) groups excluding carboxylic acids is 2. The van der Waals surface area contributed by atoms with Crippen LogP contribution in [0, 0.1) is 0 Å². The number of aromatic nitrogens is 2. The second-order valence-corrected chi connectivity index (χ2v) is 7.27. The highest BCUT2D eigenvalue weighted by molar-refractivity contribution is 7.99. The van der Waals surface area contributed by atoms with Crippen molar-refractivity contribution in [3.63, 3.8) is 0 Å². The van der Waals surface area contributed by atoms with E-state index in [0.29, 0.717) is 36.6 Å². The Morgan fingerprint density at radius 2 is 2.07 bits per heavy atom. The van der Waals surface area contributed by atoms with Crippen LogP contribution < -0.4 is 4.74 Å². The lowest BCUT2D eigenvalue weighted by Gasteiger charge is -2.35. The smallest absolute Gasteiger partial charge is 0.436 e. The molecule has 2 aliphatic rings. The molecule has 0 N–H and O–H groups in total. The van der Waals surface area contributed by atoms with Crippen LogP contribution in [0.25, 0.3) is 5.57 Å². The number of hydrogen-bond donors (Lipinski definition) is 0. The first-order chi connectivity index (χ1) is 13.2. The normalized spacial score (nSPS) is 19.7. The van der Waals surface area contributed by atoms with Gasteiger partial charge in [0, 0.05) is 17.9 Å². The second-order valence-electron chi connectivity index (χ2n) is 5.65. The molecule has 27 heavy (non-hydrogen) atoms. The molecular formula is C17H15N3O5S2. The summed E-state index contributed by atoms with van der Waals surface area (Å²) >= 11 is 2.60. The molecular weight excluding hydrogens is 390 g/mol.